The van der Waals surface area contributed by atoms with E-state index in [1.54, 1.807) is 27.3 Å². The number of aliphatic hydroxyl groups excluding tert-OH is 1. The van der Waals surface area contributed by atoms with E-state index in [1.165, 1.54) is 6.92 Å². The average Bonchev–Trinajstić information content (AvgIpc) is 3.11. The van der Waals surface area contributed by atoms with Gasteiger partial charge in [0, 0.05) is 52.2 Å². The highest BCUT2D eigenvalue weighted by Gasteiger charge is 2.36. The van der Waals surface area contributed by atoms with E-state index in [9.17, 15) is 19.5 Å². The van der Waals surface area contributed by atoms with Gasteiger partial charge in [0.15, 0.2) is 0 Å². The number of ether oxygens (including phenoxy) is 2. The minimum Gasteiger partial charge on any atom is -0.394 e. The molecule has 1 aliphatic rings. The average molecular weight is 388 g/mol. The molecular formula is C18H32N2O7. The zero-order valence-electron chi connectivity index (χ0n) is 16.8. The van der Waals surface area contributed by atoms with Crippen molar-refractivity contribution >= 4 is 24.8 Å². The Kier molecular flexibility index (Phi) is 16.2. The van der Waals surface area contributed by atoms with E-state index in [2.05, 4.69) is 5.32 Å². The fraction of sp³-hybridized carbons (Fsp3) is 0.667. The molecule has 156 valence electrons. The number of nitrogens with one attached hydrogen (secondary N) is 1. The molecule has 1 saturated heterocycles. The van der Waals surface area contributed by atoms with E-state index in [4.69, 9.17) is 14.3 Å². The lowest BCUT2D eigenvalue weighted by Crippen LogP contribution is -2.30. The van der Waals surface area contributed by atoms with Crippen molar-refractivity contribution in [3.8, 4) is 0 Å². The van der Waals surface area contributed by atoms with Gasteiger partial charge in [-0.2, -0.15) is 0 Å². The summed E-state index contributed by atoms with van der Waals surface area (Å²) in [5.41, 5.74) is 0.602. The molecule has 2 N–H and O–H groups in total. The lowest BCUT2D eigenvalue weighted by Gasteiger charge is -2.23. The van der Waals surface area contributed by atoms with Crippen molar-refractivity contribution in [2.24, 2.45) is 0 Å². The standard InChI is InChI=1S/C12H22N2O4.C5H8O2.CH2O/c1-8(12(16)13-2)6-14(3)11-5-9(17-4)10(7-15)18-11;1-5(7)3-2-4-6;1-2/h6,9-11,15H,5,7H2,1-4H3,(H,13,16);4H,2-3H2,1H3;1H2/b8-6-;;. The summed E-state index contributed by atoms with van der Waals surface area (Å²) in [6, 6.07) is 0. The summed E-state index contributed by atoms with van der Waals surface area (Å²) in [4.78, 5) is 40.8. The van der Waals surface area contributed by atoms with Crippen molar-refractivity contribution in [1.82, 2.24) is 10.2 Å². The van der Waals surface area contributed by atoms with Gasteiger partial charge >= 0.3 is 0 Å². The molecule has 0 aromatic heterocycles. The minimum atomic E-state index is -0.309. The largest absolute Gasteiger partial charge is 0.394 e. The Labute approximate surface area is 160 Å². The molecule has 0 aromatic carbocycles. The molecule has 1 heterocycles. The normalized spacial score (nSPS) is 21.1. The Morgan fingerprint density at radius 3 is 2.30 bits per heavy atom. The number of carbonyl (C=O) groups excluding carboxylic acids is 4. The van der Waals surface area contributed by atoms with Crippen LogP contribution in [0, 0.1) is 0 Å². The van der Waals surface area contributed by atoms with Gasteiger partial charge in [0.05, 0.1) is 12.7 Å². The minimum absolute atomic E-state index is 0.0685. The third kappa shape index (κ3) is 11.3. The summed E-state index contributed by atoms with van der Waals surface area (Å²) < 4.78 is 10.9. The van der Waals surface area contributed by atoms with Crippen LogP contribution >= 0.6 is 0 Å². The zero-order valence-corrected chi connectivity index (χ0v) is 16.8. The van der Waals surface area contributed by atoms with Crippen LogP contribution in [0.15, 0.2) is 11.8 Å². The third-order valence-corrected chi connectivity index (χ3v) is 3.71. The van der Waals surface area contributed by atoms with E-state index < -0.39 is 0 Å². The maximum atomic E-state index is 11.4. The molecule has 3 unspecified atom stereocenters. The molecule has 0 aromatic rings. The predicted molar refractivity (Wildman–Crippen MR) is 99.8 cm³/mol. The first-order valence-corrected chi connectivity index (χ1v) is 8.44. The summed E-state index contributed by atoms with van der Waals surface area (Å²) in [7, 11) is 5.03. The molecule has 0 aliphatic carbocycles. The highest BCUT2D eigenvalue weighted by molar-refractivity contribution is 5.92. The molecule has 0 saturated carbocycles. The number of aliphatic hydroxyl groups is 1. The van der Waals surface area contributed by atoms with Crippen molar-refractivity contribution in [2.45, 2.75) is 51.5 Å². The van der Waals surface area contributed by atoms with Crippen molar-refractivity contribution in [3.05, 3.63) is 11.8 Å². The Bertz CT molecular complexity index is 470. The Morgan fingerprint density at radius 2 is 1.96 bits per heavy atom. The Balaban J connectivity index is 0. The van der Waals surface area contributed by atoms with Gasteiger partial charge in [0.2, 0.25) is 5.91 Å². The number of hydrogen-bond donors (Lipinski definition) is 2. The molecule has 9 nitrogen and oxygen atoms in total. The van der Waals surface area contributed by atoms with Crippen LogP contribution in [0.1, 0.15) is 33.1 Å². The number of Topliss-reactive ketones (excluding diaryl/α,β-unsaturated/α-hetero) is 1. The summed E-state index contributed by atoms with van der Waals surface area (Å²) in [6.07, 6.45) is 3.30. The van der Waals surface area contributed by atoms with E-state index >= 15 is 0 Å². The van der Waals surface area contributed by atoms with Gasteiger partial charge in [-0.25, -0.2) is 0 Å². The number of hydrogen-bond acceptors (Lipinski definition) is 8. The quantitative estimate of drug-likeness (QED) is 0.442. The van der Waals surface area contributed by atoms with Crippen LogP contribution in [-0.2, 0) is 28.7 Å². The maximum Gasteiger partial charge on any atom is 0.248 e. The number of methoxy groups -OCH3 is 1. The van der Waals surface area contributed by atoms with Gasteiger partial charge in [-0.15, -0.1) is 0 Å². The van der Waals surface area contributed by atoms with Crippen molar-refractivity contribution < 1.29 is 33.8 Å². The van der Waals surface area contributed by atoms with Crippen molar-refractivity contribution in [2.75, 3.05) is 27.8 Å². The first-order chi connectivity index (χ1) is 12.8. The van der Waals surface area contributed by atoms with Crippen LogP contribution in [-0.4, -0.2) is 81.0 Å². The molecule has 1 rings (SSSR count). The highest BCUT2D eigenvalue weighted by Crippen LogP contribution is 2.24. The SMILES string of the molecule is C=O.CC(=O)CCC=O.CNC(=O)/C(C)=C\N(C)C1CC(OC)C(CO)O1. The number of rotatable bonds is 8. The Hall–Kier alpha value is -2.10. The van der Waals surface area contributed by atoms with Crippen LogP contribution in [0.4, 0.5) is 0 Å². The van der Waals surface area contributed by atoms with E-state index in [0.29, 0.717) is 24.8 Å². The smallest absolute Gasteiger partial charge is 0.248 e. The molecular weight excluding hydrogens is 356 g/mol. The molecule has 1 amide bonds. The van der Waals surface area contributed by atoms with Gasteiger partial charge < -0.3 is 39.2 Å². The van der Waals surface area contributed by atoms with Crippen LogP contribution in [0.25, 0.3) is 0 Å². The van der Waals surface area contributed by atoms with E-state index in [1.807, 2.05) is 18.7 Å². The number of amides is 1. The predicted octanol–water partition coefficient (Wildman–Crippen LogP) is 0.0599. The topological polar surface area (TPSA) is 122 Å². The fourth-order valence-corrected chi connectivity index (χ4v) is 2.27. The molecule has 0 bridgehead atoms. The maximum absolute atomic E-state index is 11.4. The molecule has 0 spiro atoms. The summed E-state index contributed by atoms with van der Waals surface area (Å²) >= 11 is 0. The van der Waals surface area contributed by atoms with E-state index in [0.717, 1.165) is 6.29 Å². The van der Waals surface area contributed by atoms with Gasteiger partial charge in [0.1, 0.15) is 31.2 Å². The van der Waals surface area contributed by atoms with Gasteiger partial charge in [-0.05, 0) is 13.8 Å². The van der Waals surface area contributed by atoms with Gasteiger partial charge in [0.25, 0.3) is 0 Å². The molecule has 1 aliphatic heterocycles. The third-order valence-electron chi connectivity index (χ3n) is 3.71. The molecule has 3 atom stereocenters. The highest BCUT2D eigenvalue weighted by atomic mass is 16.6. The summed E-state index contributed by atoms with van der Waals surface area (Å²) in [5.74, 6) is -0.0473. The number of carbonyl (C=O) groups is 4. The van der Waals surface area contributed by atoms with E-state index in [-0.39, 0.29) is 36.7 Å². The molecule has 0 radical (unpaired) electrons. The van der Waals surface area contributed by atoms with Crippen LogP contribution in [0.2, 0.25) is 0 Å². The van der Waals surface area contributed by atoms with Crippen molar-refractivity contribution in [1.29, 1.82) is 0 Å². The summed E-state index contributed by atoms with van der Waals surface area (Å²) in [5, 5.41) is 11.7. The van der Waals surface area contributed by atoms with Gasteiger partial charge in [-0.3, -0.25) is 4.79 Å². The number of nitrogens with zero attached hydrogens (tertiary/aromatic N) is 1. The van der Waals surface area contributed by atoms with Crippen LogP contribution < -0.4 is 5.32 Å². The van der Waals surface area contributed by atoms with Crippen LogP contribution in [0.3, 0.4) is 0 Å². The number of aldehydes is 1. The second-order valence-corrected chi connectivity index (χ2v) is 5.79. The lowest BCUT2D eigenvalue weighted by molar-refractivity contribution is -0.119. The molecule has 27 heavy (non-hydrogen) atoms. The number of ketones is 1. The second-order valence-electron chi connectivity index (χ2n) is 5.79. The second kappa shape index (κ2) is 16.1. The first-order valence-electron chi connectivity index (χ1n) is 8.44. The molecule has 9 heteroatoms. The van der Waals surface area contributed by atoms with Gasteiger partial charge in [-0.1, -0.05) is 0 Å². The monoisotopic (exact) mass is 388 g/mol. The van der Waals surface area contributed by atoms with Crippen LogP contribution in [0.5, 0.6) is 0 Å². The zero-order chi connectivity index (χ0) is 21.4. The lowest BCUT2D eigenvalue weighted by atomic mass is 10.2. The summed E-state index contributed by atoms with van der Waals surface area (Å²) in [6.45, 7) is 5.14. The number of likely N-dealkylation sites (N-methyl/N-ethyl adjacent to an activating group) is 1. The van der Waals surface area contributed by atoms with Crippen molar-refractivity contribution in [3.63, 3.8) is 0 Å². The molecule has 1 fully saturated rings. The Morgan fingerprint density at radius 1 is 1.37 bits per heavy atom. The first kappa shape index (κ1) is 27.1. The fourth-order valence-electron chi connectivity index (χ4n) is 2.27.